The first-order valence-corrected chi connectivity index (χ1v) is 14.4. The van der Waals surface area contributed by atoms with Gasteiger partial charge in [0.05, 0.1) is 19.8 Å². The molecule has 0 N–H and O–H groups in total. The number of esters is 1. The molecule has 0 heterocycles. The fourth-order valence-corrected chi connectivity index (χ4v) is 4.11. The van der Waals surface area contributed by atoms with E-state index in [0.29, 0.717) is 25.7 Å². The first-order chi connectivity index (χ1) is 14.6. The van der Waals surface area contributed by atoms with Gasteiger partial charge in [-0.25, -0.2) is 0 Å². The third-order valence-electron chi connectivity index (χ3n) is 5.84. The Morgan fingerprint density at radius 3 is 2.45 bits per heavy atom. The van der Waals surface area contributed by atoms with Crippen molar-refractivity contribution in [2.45, 2.75) is 96.9 Å². The maximum Gasteiger partial charge on any atom is 0.305 e. The van der Waals surface area contributed by atoms with Crippen molar-refractivity contribution in [2.24, 2.45) is 0 Å². The number of unbranched alkanes of at least 4 members (excludes halogenated alkanes) is 3. The summed E-state index contributed by atoms with van der Waals surface area (Å²) in [5.41, 5.74) is 1.08. The molecule has 0 saturated heterocycles. The van der Waals surface area contributed by atoms with Gasteiger partial charge in [0.15, 0.2) is 8.32 Å². The van der Waals surface area contributed by atoms with Gasteiger partial charge in [-0.2, -0.15) is 0 Å². The van der Waals surface area contributed by atoms with E-state index in [1.54, 1.807) is 0 Å². The van der Waals surface area contributed by atoms with Crippen LogP contribution < -0.4 is 4.74 Å². The Bertz CT molecular complexity index is 725. The van der Waals surface area contributed by atoms with Crippen LogP contribution in [0.2, 0.25) is 18.1 Å². The maximum absolute atomic E-state index is 11.3. The van der Waals surface area contributed by atoms with Gasteiger partial charge in [-0.3, -0.25) is 4.79 Å². The molecule has 0 aliphatic carbocycles. The van der Waals surface area contributed by atoms with E-state index in [2.05, 4.69) is 63.4 Å². The van der Waals surface area contributed by atoms with Gasteiger partial charge in [0.25, 0.3) is 0 Å². The number of hydrogen-bond donors (Lipinski definition) is 0. The summed E-state index contributed by atoms with van der Waals surface area (Å²) < 4.78 is 17.6. The number of rotatable bonds is 12. The van der Waals surface area contributed by atoms with E-state index in [1.165, 1.54) is 20.0 Å². The second kappa shape index (κ2) is 13.6. The van der Waals surface area contributed by atoms with Crippen LogP contribution in [0.5, 0.6) is 5.75 Å². The van der Waals surface area contributed by atoms with Crippen molar-refractivity contribution in [1.82, 2.24) is 0 Å². The highest BCUT2D eigenvalue weighted by molar-refractivity contribution is 6.74. The zero-order chi connectivity index (χ0) is 23.3. The van der Waals surface area contributed by atoms with E-state index < -0.39 is 8.32 Å². The first kappa shape index (κ1) is 27.3. The summed E-state index contributed by atoms with van der Waals surface area (Å²) in [7, 11) is -0.582. The smallest absolute Gasteiger partial charge is 0.305 e. The molecule has 1 atom stereocenters. The second-order valence-electron chi connectivity index (χ2n) is 9.45. The molecule has 0 aliphatic rings. The Labute approximate surface area is 191 Å². The second-order valence-corrected chi connectivity index (χ2v) is 14.2. The molecular weight excluding hydrogens is 404 g/mol. The van der Waals surface area contributed by atoms with Gasteiger partial charge >= 0.3 is 5.97 Å². The third kappa shape index (κ3) is 9.93. The Kier molecular flexibility index (Phi) is 12.0. The molecule has 0 aliphatic heterocycles. The van der Waals surface area contributed by atoms with Gasteiger partial charge < -0.3 is 13.9 Å². The maximum atomic E-state index is 11.3. The normalized spacial score (nSPS) is 12.6. The number of ether oxygens (including phenoxy) is 2. The zero-order valence-corrected chi connectivity index (χ0v) is 21.7. The monoisotopic (exact) mass is 446 g/mol. The number of benzene rings is 1. The zero-order valence-electron chi connectivity index (χ0n) is 20.7. The molecule has 174 valence electrons. The summed E-state index contributed by atoms with van der Waals surface area (Å²) >= 11 is 0. The lowest BCUT2D eigenvalue weighted by Gasteiger charge is -2.39. The third-order valence-corrected chi connectivity index (χ3v) is 10.3. The van der Waals surface area contributed by atoms with E-state index in [9.17, 15) is 4.79 Å². The van der Waals surface area contributed by atoms with Gasteiger partial charge in [0.1, 0.15) is 5.75 Å². The van der Waals surface area contributed by atoms with E-state index in [0.717, 1.165) is 24.3 Å². The largest absolute Gasteiger partial charge is 0.493 e. The average Bonchev–Trinajstić information content (AvgIpc) is 2.72. The number of para-hydroxylation sites is 1. The number of carbonyl (C=O) groups excluding carboxylic acids is 1. The van der Waals surface area contributed by atoms with E-state index in [-0.39, 0.29) is 17.1 Å². The highest BCUT2D eigenvalue weighted by Crippen LogP contribution is 2.42. The lowest BCUT2D eigenvalue weighted by atomic mass is 10.1. The summed E-state index contributed by atoms with van der Waals surface area (Å²) in [6, 6.07) is 8.19. The standard InChI is InChI=1S/C26H42O4Si/c1-8-9-16-21-29-23-18-15-14-17-22(23)24(30-31(6,7)26(2,3)4)19-12-10-11-13-20-25(27)28-5/h14-15,17-18,24H,8-9,11,13,16,19-21H2,1-7H3/t24-/m1/s1. The fraction of sp³-hybridized carbons (Fsp3) is 0.654. The van der Waals surface area contributed by atoms with Crippen LogP contribution >= 0.6 is 0 Å². The van der Waals surface area contributed by atoms with Crippen LogP contribution in [0.3, 0.4) is 0 Å². The highest BCUT2D eigenvalue weighted by atomic mass is 28.4. The van der Waals surface area contributed by atoms with Gasteiger partial charge in [0, 0.05) is 24.8 Å². The Morgan fingerprint density at radius 1 is 1.10 bits per heavy atom. The molecule has 1 aromatic rings. The molecule has 5 heteroatoms. The van der Waals surface area contributed by atoms with Gasteiger partial charge in [0.2, 0.25) is 0 Å². The molecule has 0 spiro atoms. The number of methoxy groups -OCH3 is 1. The van der Waals surface area contributed by atoms with Crippen molar-refractivity contribution < 1.29 is 18.7 Å². The molecule has 31 heavy (non-hydrogen) atoms. The molecule has 0 fully saturated rings. The molecule has 0 unspecified atom stereocenters. The predicted octanol–water partition coefficient (Wildman–Crippen LogP) is 7.06. The van der Waals surface area contributed by atoms with Crippen molar-refractivity contribution in [3.63, 3.8) is 0 Å². The molecule has 0 saturated carbocycles. The van der Waals surface area contributed by atoms with E-state index >= 15 is 0 Å². The van der Waals surface area contributed by atoms with Gasteiger partial charge in [-0.15, -0.1) is 11.8 Å². The van der Waals surface area contributed by atoms with Crippen molar-refractivity contribution in [2.75, 3.05) is 13.7 Å². The van der Waals surface area contributed by atoms with Crippen molar-refractivity contribution in [1.29, 1.82) is 0 Å². The molecule has 4 nitrogen and oxygen atoms in total. The summed E-state index contributed by atoms with van der Waals surface area (Å²) in [4.78, 5) is 11.3. The Balaban J connectivity index is 2.97. The molecule has 0 bridgehead atoms. The summed E-state index contributed by atoms with van der Waals surface area (Å²) in [6.45, 7) is 14.2. The lowest BCUT2D eigenvalue weighted by molar-refractivity contribution is -0.140. The highest BCUT2D eigenvalue weighted by Gasteiger charge is 2.39. The van der Waals surface area contributed by atoms with Crippen molar-refractivity contribution >= 4 is 14.3 Å². The Hall–Kier alpha value is -1.77. The van der Waals surface area contributed by atoms with Crippen molar-refractivity contribution in [3.05, 3.63) is 29.8 Å². The van der Waals surface area contributed by atoms with Crippen LogP contribution in [0.1, 0.15) is 84.3 Å². The molecular formula is C26H42O4Si. The van der Waals surface area contributed by atoms with E-state index in [1.807, 2.05) is 18.2 Å². The lowest BCUT2D eigenvalue weighted by Crippen LogP contribution is -2.41. The average molecular weight is 447 g/mol. The molecule has 1 aromatic carbocycles. The van der Waals surface area contributed by atoms with Crippen LogP contribution in [-0.4, -0.2) is 28.0 Å². The molecule has 0 radical (unpaired) electrons. The van der Waals surface area contributed by atoms with Crippen molar-refractivity contribution in [3.8, 4) is 17.6 Å². The van der Waals surface area contributed by atoms with E-state index in [4.69, 9.17) is 9.16 Å². The fourth-order valence-electron chi connectivity index (χ4n) is 2.84. The summed E-state index contributed by atoms with van der Waals surface area (Å²) in [6.07, 6.45) is 5.68. The summed E-state index contributed by atoms with van der Waals surface area (Å²) in [5.74, 6) is 7.21. The molecule has 0 aromatic heterocycles. The van der Waals surface area contributed by atoms with Gasteiger partial charge in [-0.05, 0) is 37.0 Å². The summed E-state index contributed by atoms with van der Waals surface area (Å²) in [5, 5.41) is 0.107. The van der Waals surface area contributed by atoms with Crippen LogP contribution in [0.15, 0.2) is 24.3 Å². The minimum absolute atomic E-state index is 0.107. The number of hydrogen-bond acceptors (Lipinski definition) is 4. The molecule has 1 rings (SSSR count). The topological polar surface area (TPSA) is 44.8 Å². The predicted molar refractivity (Wildman–Crippen MR) is 131 cm³/mol. The Morgan fingerprint density at radius 2 is 1.81 bits per heavy atom. The van der Waals surface area contributed by atoms with Crippen LogP contribution in [0.4, 0.5) is 0 Å². The minimum Gasteiger partial charge on any atom is -0.493 e. The SMILES string of the molecule is CCCCCOc1ccccc1[C@@H](CC#CCCCC(=O)OC)O[Si](C)(C)C(C)(C)C. The van der Waals surface area contributed by atoms with Crippen LogP contribution in [0, 0.1) is 11.8 Å². The molecule has 0 amide bonds. The number of carbonyl (C=O) groups is 1. The minimum atomic E-state index is -2.00. The van der Waals surface area contributed by atoms with Crippen LogP contribution in [-0.2, 0) is 14.0 Å². The quantitative estimate of drug-likeness (QED) is 0.149. The first-order valence-electron chi connectivity index (χ1n) is 11.5. The van der Waals surface area contributed by atoms with Gasteiger partial charge in [-0.1, -0.05) is 58.7 Å². The van der Waals surface area contributed by atoms with Crippen LogP contribution in [0.25, 0.3) is 0 Å².